The van der Waals surface area contributed by atoms with Crippen LogP contribution in [0.4, 0.5) is 10.5 Å². The molecular weight excluding hydrogens is 278 g/mol. The normalized spacial score (nSPS) is 16.8. The molecule has 0 saturated heterocycles. The van der Waals surface area contributed by atoms with Crippen LogP contribution in [0.5, 0.6) is 0 Å². The van der Waals surface area contributed by atoms with Gasteiger partial charge in [0.25, 0.3) is 0 Å². The van der Waals surface area contributed by atoms with Crippen LogP contribution in [0.1, 0.15) is 32.6 Å². The van der Waals surface area contributed by atoms with E-state index >= 15 is 0 Å². The summed E-state index contributed by atoms with van der Waals surface area (Å²) in [6, 6.07) is 7.72. The van der Waals surface area contributed by atoms with E-state index in [2.05, 4.69) is 28.2 Å². The van der Waals surface area contributed by atoms with E-state index in [9.17, 15) is 9.90 Å². The first-order chi connectivity index (χ1) is 10.7. The fourth-order valence-corrected chi connectivity index (χ4v) is 3.32. The number of rotatable bonds is 4. The average molecular weight is 301 g/mol. The highest BCUT2D eigenvalue weighted by molar-refractivity contribution is 5.93. The molecule has 3 rings (SSSR count). The maximum Gasteiger partial charge on any atom is 0.319 e. The SMILES string of the molecule is CCn1ccc2ccc(NC(=O)NC3(CO)CCCC3)cc21. The number of benzene rings is 1. The summed E-state index contributed by atoms with van der Waals surface area (Å²) in [5.74, 6) is 0. The molecule has 0 aliphatic heterocycles. The Kier molecular flexibility index (Phi) is 4.07. The predicted octanol–water partition coefficient (Wildman–Crippen LogP) is 3.09. The zero-order valence-electron chi connectivity index (χ0n) is 12.9. The van der Waals surface area contributed by atoms with Crippen molar-refractivity contribution in [2.24, 2.45) is 0 Å². The molecule has 5 heteroatoms. The monoisotopic (exact) mass is 301 g/mol. The van der Waals surface area contributed by atoms with Crippen LogP contribution in [-0.4, -0.2) is 27.9 Å². The summed E-state index contributed by atoms with van der Waals surface area (Å²) < 4.78 is 2.14. The Balaban J connectivity index is 1.73. The summed E-state index contributed by atoms with van der Waals surface area (Å²) in [5.41, 5.74) is 1.43. The van der Waals surface area contributed by atoms with Crippen LogP contribution in [0.2, 0.25) is 0 Å². The van der Waals surface area contributed by atoms with E-state index in [1.54, 1.807) is 0 Å². The Labute approximate surface area is 130 Å². The topological polar surface area (TPSA) is 66.3 Å². The molecule has 1 aromatic carbocycles. The summed E-state index contributed by atoms with van der Waals surface area (Å²) in [7, 11) is 0. The van der Waals surface area contributed by atoms with Gasteiger partial charge in [0.15, 0.2) is 0 Å². The fourth-order valence-electron chi connectivity index (χ4n) is 3.32. The van der Waals surface area contributed by atoms with Crippen molar-refractivity contribution in [2.75, 3.05) is 11.9 Å². The van der Waals surface area contributed by atoms with Crippen LogP contribution in [0.15, 0.2) is 30.5 Å². The zero-order chi connectivity index (χ0) is 15.6. The molecule has 1 fully saturated rings. The summed E-state index contributed by atoms with van der Waals surface area (Å²) in [6.45, 7) is 2.99. The minimum Gasteiger partial charge on any atom is -0.394 e. The van der Waals surface area contributed by atoms with Crippen molar-refractivity contribution in [1.29, 1.82) is 0 Å². The lowest BCUT2D eigenvalue weighted by atomic mass is 9.99. The van der Waals surface area contributed by atoms with E-state index in [0.717, 1.165) is 48.8 Å². The highest BCUT2D eigenvalue weighted by atomic mass is 16.3. The third kappa shape index (κ3) is 2.81. The number of carbonyl (C=O) groups is 1. The van der Waals surface area contributed by atoms with Crippen molar-refractivity contribution in [3.63, 3.8) is 0 Å². The highest BCUT2D eigenvalue weighted by Gasteiger charge is 2.34. The van der Waals surface area contributed by atoms with Crippen molar-refractivity contribution in [3.05, 3.63) is 30.5 Å². The Morgan fingerprint density at radius 1 is 1.32 bits per heavy atom. The number of nitrogens with one attached hydrogen (secondary N) is 2. The molecule has 0 atom stereocenters. The van der Waals surface area contributed by atoms with Gasteiger partial charge in [0, 0.05) is 18.4 Å². The minimum atomic E-state index is -0.447. The van der Waals surface area contributed by atoms with Crippen molar-refractivity contribution >= 4 is 22.6 Å². The molecule has 1 aliphatic carbocycles. The molecule has 0 spiro atoms. The molecule has 1 saturated carbocycles. The number of aryl methyl sites for hydroxylation is 1. The van der Waals surface area contributed by atoms with Crippen LogP contribution >= 0.6 is 0 Å². The molecule has 3 N–H and O–H groups in total. The standard InChI is InChI=1S/C17H23N3O2/c1-2-20-10-7-13-5-6-14(11-15(13)20)18-16(22)19-17(12-21)8-3-4-9-17/h5-7,10-11,21H,2-4,8-9,12H2,1H3,(H2,18,19,22). The number of aliphatic hydroxyl groups is 1. The van der Waals surface area contributed by atoms with Gasteiger partial charge in [-0.1, -0.05) is 18.9 Å². The lowest BCUT2D eigenvalue weighted by Crippen LogP contribution is -2.50. The number of nitrogens with zero attached hydrogens (tertiary/aromatic N) is 1. The second-order valence-corrected chi connectivity index (χ2v) is 6.10. The first-order valence-electron chi connectivity index (χ1n) is 7.95. The summed E-state index contributed by atoms with van der Waals surface area (Å²) in [4.78, 5) is 12.2. The molecule has 1 aliphatic rings. The number of aliphatic hydroxyl groups excluding tert-OH is 1. The second kappa shape index (κ2) is 6.01. The van der Waals surface area contributed by atoms with Gasteiger partial charge >= 0.3 is 6.03 Å². The number of fused-ring (bicyclic) bond motifs is 1. The number of carbonyl (C=O) groups excluding carboxylic acids is 1. The van der Waals surface area contributed by atoms with E-state index in [4.69, 9.17) is 0 Å². The van der Waals surface area contributed by atoms with Gasteiger partial charge in [-0.25, -0.2) is 4.79 Å². The van der Waals surface area contributed by atoms with Crippen molar-refractivity contribution in [3.8, 4) is 0 Å². The molecule has 118 valence electrons. The summed E-state index contributed by atoms with van der Waals surface area (Å²) in [6.07, 6.45) is 5.84. The molecule has 1 heterocycles. The largest absolute Gasteiger partial charge is 0.394 e. The lowest BCUT2D eigenvalue weighted by Gasteiger charge is -2.28. The van der Waals surface area contributed by atoms with Gasteiger partial charge in [-0.05, 0) is 43.4 Å². The van der Waals surface area contributed by atoms with E-state index in [1.165, 1.54) is 0 Å². The third-order valence-corrected chi connectivity index (χ3v) is 4.61. The molecule has 0 bridgehead atoms. The van der Waals surface area contributed by atoms with Gasteiger partial charge in [0.2, 0.25) is 0 Å². The Bertz CT molecular complexity index is 672. The average Bonchev–Trinajstić information content (AvgIpc) is 3.14. The molecule has 22 heavy (non-hydrogen) atoms. The Hall–Kier alpha value is -2.01. The number of hydrogen-bond acceptors (Lipinski definition) is 2. The molecule has 1 aromatic heterocycles. The van der Waals surface area contributed by atoms with Gasteiger partial charge in [0.1, 0.15) is 0 Å². The molecule has 0 radical (unpaired) electrons. The fraction of sp³-hybridized carbons (Fsp3) is 0.471. The number of amides is 2. The maximum atomic E-state index is 12.2. The van der Waals surface area contributed by atoms with Crippen LogP contribution in [0.3, 0.4) is 0 Å². The van der Waals surface area contributed by atoms with Gasteiger partial charge in [0.05, 0.1) is 17.7 Å². The third-order valence-electron chi connectivity index (χ3n) is 4.61. The molecule has 2 aromatic rings. The maximum absolute atomic E-state index is 12.2. The quantitative estimate of drug-likeness (QED) is 0.812. The molecule has 5 nitrogen and oxygen atoms in total. The number of urea groups is 1. The van der Waals surface area contributed by atoms with Gasteiger partial charge < -0.3 is 20.3 Å². The Morgan fingerprint density at radius 2 is 2.09 bits per heavy atom. The molecule has 0 unspecified atom stereocenters. The number of hydrogen-bond donors (Lipinski definition) is 3. The van der Waals surface area contributed by atoms with Crippen molar-refractivity contribution in [1.82, 2.24) is 9.88 Å². The van der Waals surface area contributed by atoms with E-state index in [1.807, 2.05) is 24.4 Å². The van der Waals surface area contributed by atoms with Crippen molar-refractivity contribution < 1.29 is 9.90 Å². The second-order valence-electron chi connectivity index (χ2n) is 6.10. The van der Waals surface area contributed by atoms with E-state index in [-0.39, 0.29) is 12.6 Å². The van der Waals surface area contributed by atoms with Gasteiger partial charge in [-0.15, -0.1) is 0 Å². The van der Waals surface area contributed by atoms with Crippen LogP contribution in [0.25, 0.3) is 10.9 Å². The van der Waals surface area contributed by atoms with Crippen molar-refractivity contribution in [2.45, 2.75) is 44.7 Å². The van der Waals surface area contributed by atoms with Crippen LogP contribution < -0.4 is 10.6 Å². The van der Waals surface area contributed by atoms with Gasteiger partial charge in [-0.2, -0.15) is 0 Å². The number of aromatic nitrogens is 1. The highest BCUT2D eigenvalue weighted by Crippen LogP contribution is 2.29. The zero-order valence-corrected chi connectivity index (χ0v) is 12.9. The molecular formula is C17H23N3O2. The van der Waals surface area contributed by atoms with E-state index < -0.39 is 5.54 Å². The van der Waals surface area contributed by atoms with Gasteiger partial charge in [-0.3, -0.25) is 0 Å². The number of anilines is 1. The lowest BCUT2D eigenvalue weighted by molar-refractivity contribution is 0.167. The van der Waals surface area contributed by atoms with E-state index in [0.29, 0.717) is 0 Å². The first-order valence-corrected chi connectivity index (χ1v) is 7.95. The van der Waals surface area contributed by atoms with Crippen LogP contribution in [-0.2, 0) is 6.54 Å². The van der Waals surface area contributed by atoms with Crippen LogP contribution in [0, 0.1) is 0 Å². The predicted molar refractivity (Wildman–Crippen MR) is 88.1 cm³/mol. The first kappa shape index (κ1) is 14.9. The Morgan fingerprint density at radius 3 is 2.77 bits per heavy atom. The smallest absolute Gasteiger partial charge is 0.319 e. The summed E-state index contributed by atoms with van der Waals surface area (Å²) in [5, 5.41) is 16.6. The minimum absolute atomic E-state index is 0.00184. The molecule has 2 amide bonds. The summed E-state index contributed by atoms with van der Waals surface area (Å²) >= 11 is 0.